The average Bonchev–Trinajstić information content (AvgIpc) is 2.76. The Balaban J connectivity index is 1.82. The second kappa shape index (κ2) is 12.4. The number of carbonyl (C=O) groups is 1. The number of nitrogens with two attached hydrogens (primary N) is 2. The average molecular weight is 443 g/mol. The Bertz CT molecular complexity index is 958. The molecular weight excluding hydrogens is 412 g/mol. The summed E-state index contributed by atoms with van der Waals surface area (Å²) >= 11 is 0. The Morgan fingerprint density at radius 3 is 2.00 bits per heavy atom. The van der Waals surface area contributed by atoms with Crippen LogP contribution in [0.25, 0.3) is 12.2 Å². The molecule has 8 N–H and O–H groups in total. The molecule has 32 heavy (non-hydrogen) atoms. The minimum atomic E-state index is -0.788. The predicted molar refractivity (Wildman–Crippen MR) is 123 cm³/mol. The van der Waals surface area contributed by atoms with Crippen LogP contribution in [0.3, 0.4) is 0 Å². The molecule has 0 radical (unpaired) electrons. The Morgan fingerprint density at radius 2 is 1.47 bits per heavy atom. The van der Waals surface area contributed by atoms with Crippen molar-refractivity contribution < 1.29 is 30.0 Å². The van der Waals surface area contributed by atoms with Gasteiger partial charge < -0.3 is 36.6 Å². The van der Waals surface area contributed by atoms with Gasteiger partial charge in [0.25, 0.3) is 0 Å². The summed E-state index contributed by atoms with van der Waals surface area (Å²) in [6, 6.07) is 8.14. The second-order valence-corrected chi connectivity index (χ2v) is 7.45. The molecule has 0 saturated carbocycles. The number of carbonyl (C=O) groups excluding carboxylic acids is 1. The van der Waals surface area contributed by atoms with E-state index in [2.05, 4.69) is 0 Å². The van der Waals surface area contributed by atoms with Gasteiger partial charge in [-0.3, -0.25) is 4.79 Å². The molecule has 2 rings (SSSR count). The summed E-state index contributed by atoms with van der Waals surface area (Å²) in [5.41, 5.74) is 13.1. The lowest BCUT2D eigenvalue weighted by atomic mass is 9.93. The van der Waals surface area contributed by atoms with Gasteiger partial charge >= 0.3 is 5.97 Å². The van der Waals surface area contributed by atoms with Crippen LogP contribution in [0.1, 0.15) is 30.4 Å². The summed E-state index contributed by atoms with van der Waals surface area (Å²) in [6.45, 7) is 0.489. The molecule has 0 heterocycles. The number of phenols is 4. The van der Waals surface area contributed by atoms with Crippen LogP contribution < -0.4 is 11.5 Å². The monoisotopic (exact) mass is 442 g/mol. The van der Waals surface area contributed by atoms with E-state index in [-0.39, 0.29) is 35.5 Å². The van der Waals surface area contributed by atoms with E-state index >= 15 is 0 Å². The maximum absolute atomic E-state index is 12.2. The first kappa shape index (κ1) is 24.8. The number of rotatable bonds is 11. The zero-order valence-electron chi connectivity index (χ0n) is 17.7. The van der Waals surface area contributed by atoms with Crippen LogP contribution in [0.4, 0.5) is 0 Å². The number of allylic oxidation sites excluding steroid dienone is 1. The molecule has 2 atom stereocenters. The van der Waals surface area contributed by atoms with Crippen molar-refractivity contribution in [2.24, 2.45) is 17.4 Å². The first-order chi connectivity index (χ1) is 15.3. The fourth-order valence-electron chi connectivity index (χ4n) is 3.13. The fourth-order valence-corrected chi connectivity index (χ4v) is 3.13. The van der Waals surface area contributed by atoms with E-state index in [1.54, 1.807) is 24.3 Å². The number of hydrogen-bond acceptors (Lipinski definition) is 8. The zero-order valence-corrected chi connectivity index (χ0v) is 17.7. The van der Waals surface area contributed by atoms with Gasteiger partial charge in [0.1, 0.15) is 12.6 Å². The van der Waals surface area contributed by atoms with Crippen LogP contribution >= 0.6 is 0 Å². The normalized spacial score (nSPS) is 13.4. The van der Waals surface area contributed by atoms with Crippen molar-refractivity contribution >= 4 is 18.1 Å². The summed E-state index contributed by atoms with van der Waals surface area (Å²) in [4.78, 5) is 12.2. The molecule has 0 aliphatic rings. The lowest BCUT2D eigenvalue weighted by Gasteiger charge is -2.18. The standard InChI is InChI=1S/C24H30N2O6/c25-11-10-18(4-1-3-16-6-8-20(27)22(29)14-16)13-19(26)24(31)32-12-2-5-17-7-9-21(28)23(30)15-17/h1-3,5-9,14-15,18-19,27-30H,4,10-13,25-26H2/t18?,19-/m0/s1. The molecule has 0 fully saturated rings. The van der Waals surface area contributed by atoms with Crippen molar-refractivity contribution in [1.82, 2.24) is 0 Å². The summed E-state index contributed by atoms with van der Waals surface area (Å²) in [5, 5.41) is 37.7. The van der Waals surface area contributed by atoms with Crippen molar-refractivity contribution in [3.8, 4) is 23.0 Å². The summed E-state index contributed by atoms with van der Waals surface area (Å²) in [7, 11) is 0. The molecule has 8 heteroatoms. The summed E-state index contributed by atoms with van der Waals surface area (Å²) in [6.07, 6.45) is 8.75. The molecule has 1 unspecified atom stereocenters. The number of ether oxygens (including phenoxy) is 1. The number of benzene rings is 2. The third kappa shape index (κ3) is 7.98. The number of esters is 1. The van der Waals surface area contributed by atoms with Crippen molar-refractivity contribution in [1.29, 1.82) is 0 Å². The molecule has 0 aromatic heterocycles. The number of aromatic hydroxyl groups is 4. The maximum Gasteiger partial charge on any atom is 0.323 e. The van der Waals surface area contributed by atoms with Crippen LogP contribution in [0.15, 0.2) is 48.6 Å². The molecule has 2 aromatic carbocycles. The SMILES string of the molecule is NCCC(CC=Cc1ccc(O)c(O)c1)C[C@H](N)C(=O)OCC=Cc1ccc(O)c(O)c1. The topological polar surface area (TPSA) is 159 Å². The van der Waals surface area contributed by atoms with Crippen LogP contribution in [0, 0.1) is 5.92 Å². The molecule has 0 aliphatic heterocycles. The number of hydrogen-bond donors (Lipinski definition) is 6. The highest BCUT2D eigenvalue weighted by molar-refractivity contribution is 5.75. The van der Waals surface area contributed by atoms with Gasteiger partial charge in [-0.05, 0) is 73.2 Å². The Morgan fingerprint density at radius 1 is 0.906 bits per heavy atom. The fraction of sp³-hybridized carbons (Fsp3) is 0.292. The summed E-state index contributed by atoms with van der Waals surface area (Å²) < 4.78 is 5.19. The van der Waals surface area contributed by atoms with E-state index in [0.717, 1.165) is 5.56 Å². The summed E-state index contributed by atoms with van der Waals surface area (Å²) in [5.74, 6) is -1.23. The minimum absolute atomic E-state index is 0.0278. The predicted octanol–water partition coefficient (Wildman–Crippen LogP) is 2.85. The minimum Gasteiger partial charge on any atom is -0.504 e. The first-order valence-corrected chi connectivity index (χ1v) is 10.3. The third-order valence-electron chi connectivity index (χ3n) is 4.88. The van der Waals surface area contributed by atoms with Crippen molar-refractivity contribution in [2.75, 3.05) is 13.2 Å². The molecule has 0 aliphatic carbocycles. The highest BCUT2D eigenvalue weighted by Crippen LogP contribution is 2.26. The van der Waals surface area contributed by atoms with Gasteiger partial charge in [-0.25, -0.2) is 0 Å². The van der Waals surface area contributed by atoms with Crippen molar-refractivity contribution in [3.63, 3.8) is 0 Å². The van der Waals surface area contributed by atoms with E-state index < -0.39 is 12.0 Å². The molecule has 0 amide bonds. The van der Waals surface area contributed by atoms with Gasteiger partial charge in [-0.2, -0.15) is 0 Å². The largest absolute Gasteiger partial charge is 0.504 e. The molecular formula is C24H30N2O6. The van der Waals surface area contributed by atoms with Crippen LogP contribution in [-0.2, 0) is 9.53 Å². The van der Waals surface area contributed by atoms with E-state index in [1.807, 2.05) is 12.2 Å². The van der Waals surface area contributed by atoms with Crippen LogP contribution in [-0.4, -0.2) is 45.6 Å². The smallest absolute Gasteiger partial charge is 0.323 e. The van der Waals surface area contributed by atoms with Gasteiger partial charge in [0, 0.05) is 0 Å². The van der Waals surface area contributed by atoms with Crippen molar-refractivity contribution in [3.05, 3.63) is 59.7 Å². The highest BCUT2D eigenvalue weighted by atomic mass is 16.5. The first-order valence-electron chi connectivity index (χ1n) is 10.3. The lowest BCUT2D eigenvalue weighted by molar-refractivity contribution is -0.144. The van der Waals surface area contributed by atoms with Gasteiger partial charge in [0.2, 0.25) is 0 Å². The Hall–Kier alpha value is -3.49. The van der Waals surface area contributed by atoms with E-state index in [0.29, 0.717) is 31.4 Å². The van der Waals surface area contributed by atoms with Crippen molar-refractivity contribution in [2.45, 2.75) is 25.3 Å². The quantitative estimate of drug-likeness (QED) is 0.229. The highest BCUT2D eigenvalue weighted by Gasteiger charge is 2.19. The molecule has 0 bridgehead atoms. The molecule has 0 saturated heterocycles. The molecule has 172 valence electrons. The zero-order chi connectivity index (χ0) is 23.5. The molecule has 2 aromatic rings. The van der Waals surface area contributed by atoms with Crippen LogP contribution in [0.2, 0.25) is 0 Å². The second-order valence-electron chi connectivity index (χ2n) is 7.45. The Labute approximate surface area is 187 Å². The molecule has 0 spiro atoms. The van der Waals surface area contributed by atoms with E-state index in [1.165, 1.54) is 24.3 Å². The van der Waals surface area contributed by atoms with Gasteiger partial charge in [-0.1, -0.05) is 30.4 Å². The Kier molecular flexibility index (Phi) is 9.59. The van der Waals surface area contributed by atoms with Gasteiger partial charge in [0.15, 0.2) is 23.0 Å². The third-order valence-corrected chi connectivity index (χ3v) is 4.88. The molecule has 8 nitrogen and oxygen atoms in total. The van der Waals surface area contributed by atoms with Gasteiger partial charge in [-0.15, -0.1) is 0 Å². The maximum atomic E-state index is 12.2. The van der Waals surface area contributed by atoms with Gasteiger partial charge in [0.05, 0.1) is 0 Å². The van der Waals surface area contributed by atoms with Crippen LogP contribution in [0.5, 0.6) is 23.0 Å². The lowest BCUT2D eigenvalue weighted by Crippen LogP contribution is -2.34. The van der Waals surface area contributed by atoms with E-state index in [9.17, 15) is 25.2 Å². The number of phenolic OH excluding ortho intramolecular Hbond substituents is 4. The van der Waals surface area contributed by atoms with E-state index in [4.69, 9.17) is 16.2 Å².